The van der Waals surface area contributed by atoms with Gasteiger partial charge in [-0.05, 0) is 68.5 Å². The Labute approximate surface area is 182 Å². The average molecular weight is 417 g/mol. The van der Waals surface area contributed by atoms with E-state index in [2.05, 4.69) is 14.5 Å². The van der Waals surface area contributed by atoms with Crippen LogP contribution in [-0.4, -0.2) is 63.6 Å². The first-order chi connectivity index (χ1) is 15.2. The molecule has 2 saturated heterocycles. The maximum Gasteiger partial charge on any atom is 0.253 e. The number of carbonyl (C=O) groups excluding carboxylic acids is 1. The third-order valence-corrected chi connectivity index (χ3v) is 6.89. The van der Waals surface area contributed by atoms with Gasteiger partial charge in [-0.25, -0.2) is 4.98 Å². The van der Waals surface area contributed by atoms with Gasteiger partial charge in [0.15, 0.2) is 0 Å². The van der Waals surface area contributed by atoms with Crippen molar-refractivity contribution in [2.45, 2.75) is 44.2 Å². The van der Waals surface area contributed by atoms with Crippen molar-refractivity contribution in [2.24, 2.45) is 0 Å². The van der Waals surface area contributed by atoms with Crippen molar-refractivity contribution >= 4 is 16.8 Å². The topological polar surface area (TPSA) is 50.6 Å². The van der Waals surface area contributed by atoms with E-state index in [1.807, 2.05) is 53.7 Å². The van der Waals surface area contributed by atoms with Crippen LogP contribution in [0.25, 0.3) is 16.7 Å². The number of hydrogen-bond acceptors (Lipinski definition) is 4. The summed E-state index contributed by atoms with van der Waals surface area (Å²) < 4.78 is 8.26. The number of amides is 1. The molecule has 160 valence electrons. The van der Waals surface area contributed by atoms with Crippen molar-refractivity contribution in [3.05, 3.63) is 54.4 Å². The number of benzene rings is 1. The average Bonchev–Trinajstić information content (AvgIpc) is 3.53. The van der Waals surface area contributed by atoms with E-state index in [1.54, 1.807) is 0 Å². The molecule has 1 amide bonds. The van der Waals surface area contributed by atoms with Crippen LogP contribution >= 0.6 is 0 Å². The fourth-order valence-corrected chi connectivity index (χ4v) is 4.75. The lowest BCUT2D eigenvalue weighted by atomic mass is 10.1. The molecule has 2 aromatic heterocycles. The summed E-state index contributed by atoms with van der Waals surface area (Å²) in [6, 6.07) is 12.8. The van der Waals surface area contributed by atoms with E-state index >= 15 is 0 Å². The molecule has 0 unspecified atom stereocenters. The van der Waals surface area contributed by atoms with Crippen LogP contribution in [0.1, 0.15) is 42.5 Å². The fourth-order valence-electron chi connectivity index (χ4n) is 4.75. The number of pyridine rings is 1. The van der Waals surface area contributed by atoms with Crippen LogP contribution in [0, 0.1) is 0 Å². The van der Waals surface area contributed by atoms with Crippen LogP contribution in [0.2, 0.25) is 0 Å². The van der Waals surface area contributed by atoms with Crippen LogP contribution in [0.15, 0.2) is 48.8 Å². The van der Waals surface area contributed by atoms with E-state index in [0.717, 1.165) is 79.5 Å². The lowest BCUT2D eigenvalue weighted by molar-refractivity contribution is 0.0652. The van der Waals surface area contributed by atoms with Gasteiger partial charge in [0.25, 0.3) is 5.91 Å². The van der Waals surface area contributed by atoms with E-state index in [0.29, 0.717) is 0 Å². The molecule has 3 fully saturated rings. The zero-order chi connectivity index (χ0) is 20.8. The van der Waals surface area contributed by atoms with E-state index in [1.165, 1.54) is 12.8 Å². The summed E-state index contributed by atoms with van der Waals surface area (Å²) in [5.41, 5.74) is 1.81. The minimum atomic E-state index is 0.128. The van der Waals surface area contributed by atoms with Crippen molar-refractivity contribution in [2.75, 3.05) is 26.2 Å². The normalized spacial score (nSPS) is 20.1. The number of aromatic nitrogens is 2. The minimum absolute atomic E-state index is 0.128. The molecule has 6 heteroatoms. The summed E-state index contributed by atoms with van der Waals surface area (Å²) in [6.45, 7) is 4.04. The molecule has 0 bridgehead atoms. The van der Waals surface area contributed by atoms with Gasteiger partial charge in [-0.1, -0.05) is 0 Å². The van der Waals surface area contributed by atoms with Gasteiger partial charge < -0.3 is 19.1 Å². The molecule has 3 aromatic rings. The molecule has 0 spiro atoms. The Morgan fingerprint density at radius 2 is 1.81 bits per heavy atom. The molecule has 0 atom stereocenters. The molecule has 1 aliphatic carbocycles. The van der Waals surface area contributed by atoms with Crippen LogP contribution in [0.5, 0.6) is 5.75 Å². The number of carbonyl (C=O) groups is 1. The predicted molar refractivity (Wildman–Crippen MR) is 120 cm³/mol. The highest BCUT2D eigenvalue weighted by molar-refractivity contribution is 5.98. The number of piperidine rings is 1. The molecule has 1 aromatic carbocycles. The summed E-state index contributed by atoms with van der Waals surface area (Å²) in [4.78, 5) is 21.7. The van der Waals surface area contributed by atoms with Crippen LogP contribution < -0.4 is 4.74 Å². The SMILES string of the molecule is O=C(c1ccc2c(ccn2-c2ccc(OC3CCN(C4CC4)CC3)cn2)c1)N1CCC1. The fraction of sp³-hybridized carbons (Fsp3) is 0.440. The number of nitrogens with zero attached hydrogens (tertiary/aromatic N) is 4. The second kappa shape index (κ2) is 7.68. The highest BCUT2D eigenvalue weighted by Gasteiger charge is 2.32. The van der Waals surface area contributed by atoms with Crippen molar-refractivity contribution < 1.29 is 9.53 Å². The molecule has 3 aliphatic rings. The molecule has 4 heterocycles. The van der Waals surface area contributed by atoms with Crippen LogP contribution in [0.4, 0.5) is 0 Å². The Hall–Kier alpha value is -2.86. The Kier molecular flexibility index (Phi) is 4.68. The monoisotopic (exact) mass is 416 g/mol. The predicted octanol–water partition coefficient (Wildman–Crippen LogP) is 3.88. The third kappa shape index (κ3) is 3.69. The van der Waals surface area contributed by atoms with Crippen molar-refractivity contribution in [3.8, 4) is 11.6 Å². The van der Waals surface area contributed by atoms with Gasteiger partial charge in [0.1, 0.15) is 17.7 Å². The minimum Gasteiger partial charge on any atom is -0.489 e. The van der Waals surface area contributed by atoms with Gasteiger partial charge in [-0.2, -0.15) is 0 Å². The molecule has 6 rings (SSSR count). The van der Waals surface area contributed by atoms with Crippen LogP contribution in [0.3, 0.4) is 0 Å². The smallest absolute Gasteiger partial charge is 0.253 e. The summed E-state index contributed by atoms with van der Waals surface area (Å²) >= 11 is 0. The lowest BCUT2D eigenvalue weighted by Gasteiger charge is -2.32. The number of likely N-dealkylation sites (tertiary alicyclic amines) is 2. The molecule has 0 N–H and O–H groups in total. The quantitative estimate of drug-likeness (QED) is 0.633. The van der Waals surface area contributed by atoms with Gasteiger partial charge in [0.05, 0.1) is 11.7 Å². The molecule has 2 aliphatic heterocycles. The number of rotatable bonds is 5. The highest BCUT2D eigenvalue weighted by atomic mass is 16.5. The summed E-state index contributed by atoms with van der Waals surface area (Å²) in [7, 11) is 0. The van der Waals surface area contributed by atoms with Crippen molar-refractivity contribution in [1.82, 2.24) is 19.4 Å². The van der Waals surface area contributed by atoms with Crippen molar-refractivity contribution in [1.29, 1.82) is 0 Å². The van der Waals surface area contributed by atoms with Gasteiger partial charge in [0, 0.05) is 49.4 Å². The Morgan fingerprint density at radius 3 is 2.48 bits per heavy atom. The second-order valence-corrected chi connectivity index (χ2v) is 9.04. The first-order valence-electron chi connectivity index (χ1n) is 11.5. The first-order valence-corrected chi connectivity index (χ1v) is 11.5. The Morgan fingerprint density at radius 1 is 0.968 bits per heavy atom. The summed E-state index contributed by atoms with van der Waals surface area (Å²) in [5, 5.41) is 1.05. The van der Waals surface area contributed by atoms with E-state index in [4.69, 9.17) is 4.74 Å². The standard InChI is InChI=1S/C25H28N4O2/c30-25(28-11-1-12-28)19-2-6-23-18(16-19)8-15-29(23)24-7-5-22(17-26-24)31-21-9-13-27(14-10-21)20-3-4-20/h2,5-8,15-17,20-21H,1,3-4,9-14H2. The lowest BCUT2D eigenvalue weighted by Crippen LogP contribution is -2.41. The maximum absolute atomic E-state index is 12.5. The van der Waals surface area contributed by atoms with E-state index in [9.17, 15) is 4.79 Å². The summed E-state index contributed by atoms with van der Waals surface area (Å²) in [5.74, 6) is 1.82. The third-order valence-electron chi connectivity index (χ3n) is 6.89. The Balaban J connectivity index is 1.14. The van der Waals surface area contributed by atoms with E-state index < -0.39 is 0 Å². The van der Waals surface area contributed by atoms with Gasteiger partial charge in [-0.3, -0.25) is 4.79 Å². The first kappa shape index (κ1) is 18.9. The molecule has 0 radical (unpaired) electrons. The van der Waals surface area contributed by atoms with Gasteiger partial charge in [-0.15, -0.1) is 0 Å². The van der Waals surface area contributed by atoms with Gasteiger partial charge >= 0.3 is 0 Å². The van der Waals surface area contributed by atoms with Crippen LogP contribution in [-0.2, 0) is 0 Å². The molecule has 1 saturated carbocycles. The molecular weight excluding hydrogens is 388 g/mol. The zero-order valence-corrected chi connectivity index (χ0v) is 17.7. The summed E-state index contributed by atoms with van der Waals surface area (Å²) in [6.07, 6.45) is 10.2. The van der Waals surface area contributed by atoms with E-state index in [-0.39, 0.29) is 12.0 Å². The largest absolute Gasteiger partial charge is 0.489 e. The van der Waals surface area contributed by atoms with Crippen molar-refractivity contribution in [3.63, 3.8) is 0 Å². The molecule has 31 heavy (non-hydrogen) atoms. The second-order valence-electron chi connectivity index (χ2n) is 9.04. The number of ether oxygens (including phenoxy) is 1. The zero-order valence-electron chi connectivity index (χ0n) is 17.7. The Bertz CT molecular complexity index is 1090. The van der Waals surface area contributed by atoms with Gasteiger partial charge in [0.2, 0.25) is 0 Å². The highest BCUT2D eigenvalue weighted by Crippen LogP contribution is 2.30. The number of hydrogen-bond donors (Lipinski definition) is 0. The molecule has 6 nitrogen and oxygen atoms in total. The number of fused-ring (bicyclic) bond motifs is 1. The molecular formula is C25H28N4O2. The maximum atomic E-state index is 12.5.